The molecule has 0 saturated heterocycles. The second-order valence-electron chi connectivity index (χ2n) is 5.21. The number of ether oxygens (including phenoxy) is 1. The molecule has 4 heteroatoms. The Morgan fingerprint density at radius 2 is 2.00 bits per heavy atom. The van der Waals surface area contributed by atoms with Crippen molar-refractivity contribution in [2.75, 3.05) is 6.61 Å². The van der Waals surface area contributed by atoms with Crippen molar-refractivity contribution in [1.29, 1.82) is 0 Å². The molecule has 0 aliphatic carbocycles. The van der Waals surface area contributed by atoms with Crippen molar-refractivity contribution in [1.82, 2.24) is 9.55 Å². The van der Waals surface area contributed by atoms with Gasteiger partial charge in [0.2, 0.25) is 0 Å². The number of aryl methyl sites for hydroxylation is 1. The smallest absolute Gasteiger partial charge is 0.119 e. The fourth-order valence-corrected chi connectivity index (χ4v) is 1.98. The normalized spacial score (nSPS) is 11.5. The number of hydrogen-bond acceptors (Lipinski definition) is 3. The number of benzene rings is 1. The van der Waals surface area contributed by atoms with Gasteiger partial charge in [-0.05, 0) is 32.4 Å². The highest BCUT2D eigenvalue weighted by molar-refractivity contribution is 5.20. The van der Waals surface area contributed by atoms with Gasteiger partial charge < -0.3 is 15.0 Å². The molecule has 0 amide bonds. The zero-order valence-corrected chi connectivity index (χ0v) is 11.5. The highest BCUT2D eigenvalue weighted by Gasteiger charge is 2.18. The van der Waals surface area contributed by atoms with Gasteiger partial charge in [-0.15, -0.1) is 0 Å². The molecule has 19 heavy (non-hydrogen) atoms. The topological polar surface area (TPSA) is 53.1 Å². The van der Waals surface area contributed by atoms with E-state index in [2.05, 4.69) is 9.55 Å². The molecule has 102 valence electrons. The Kier molecular flexibility index (Phi) is 4.22. The minimum absolute atomic E-state index is 0.364. The molecule has 0 radical (unpaired) electrons. The highest BCUT2D eigenvalue weighted by Crippen LogP contribution is 2.16. The van der Waals surface area contributed by atoms with Gasteiger partial charge in [0.05, 0.1) is 24.2 Å². The summed E-state index contributed by atoms with van der Waals surface area (Å²) in [4.78, 5) is 4.17. The zero-order valence-electron chi connectivity index (χ0n) is 11.5. The summed E-state index contributed by atoms with van der Waals surface area (Å²) in [5.74, 6) is 0.910. The minimum Gasteiger partial charge on any atom is -0.494 e. The molecule has 1 aromatic heterocycles. The van der Waals surface area contributed by atoms with Crippen molar-refractivity contribution in [3.05, 3.63) is 48.5 Å². The van der Waals surface area contributed by atoms with E-state index in [1.54, 1.807) is 0 Å². The summed E-state index contributed by atoms with van der Waals surface area (Å²) in [6.45, 7) is 5.53. The largest absolute Gasteiger partial charge is 0.494 e. The molecule has 0 atom stereocenters. The average Bonchev–Trinajstić information content (AvgIpc) is 2.84. The average molecular weight is 259 g/mol. The molecule has 0 fully saturated rings. The number of para-hydroxylation sites is 1. The summed E-state index contributed by atoms with van der Waals surface area (Å²) in [5.41, 5.74) is 6.79. The first kappa shape index (κ1) is 13.6. The highest BCUT2D eigenvalue weighted by atomic mass is 16.5. The number of nitrogens with two attached hydrogens (primary N) is 1. The Labute approximate surface area is 114 Å². The number of nitrogens with zero attached hydrogens (tertiary/aromatic N) is 2. The Morgan fingerprint density at radius 1 is 1.26 bits per heavy atom. The fraction of sp³-hybridized carbons (Fsp3) is 0.400. The summed E-state index contributed by atoms with van der Waals surface area (Å²) in [7, 11) is 0. The van der Waals surface area contributed by atoms with Crippen molar-refractivity contribution in [2.24, 2.45) is 5.73 Å². The standard InChI is InChI=1S/C15H21N3O/c1-15(2,16)14-11-17-12-18(14)9-6-10-19-13-7-4-3-5-8-13/h3-5,7-8,11-12H,6,9-10,16H2,1-2H3. The van der Waals surface area contributed by atoms with Gasteiger partial charge in [-0.25, -0.2) is 4.98 Å². The van der Waals surface area contributed by atoms with Crippen LogP contribution in [0.1, 0.15) is 26.0 Å². The monoisotopic (exact) mass is 259 g/mol. The van der Waals surface area contributed by atoms with E-state index in [-0.39, 0.29) is 5.54 Å². The van der Waals surface area contributed by atoms with Gasteiger partial charge in [0.25, 0.3) is 0 Å². The third kappa shape index (κ3) is 3.83. The molecular weight excluding hydrogens is 238 g/mol. The van der Waals surface area contributed by atoms with E-state index >= 15 is 0 Å². The van der Waals surface area contributed by atoms with E-state index in [1.165, 1.54) is 0 Å². The van der Waals surface area contributed by atoms with Crippen LogP contribution in [-0.2, 0) is 12.1 Å². The van der Waals surface area contributed by atoms with Crippen LogP contribution < -0.4 is 10.5 Å². The molecule has 0 saturated carbocycles. The lowest BCUT2D eigenvalue weighted by Crippen LogP contribution is -2.31. The summed E-state index contributed by atoms with van der Waals surface area (Å²) in [5, 5.41) is 0. The second-order valence-corrected chi connectivity index (χ2v) is 5.21. The molecule has 1 heterocycles. The predicted octanol–water partition coefficient (Wildman–Crippen LogP) is 2.55. The predicted molar refractivity (Wildman–Crippen MR) is 76.0 cm³/mol. The zero-order chi connectivity index (χ0) is 13.7. The third-order valence-corrected chi connectivity index (χ3v) is 2.93. The van der Waals surface area contributed by atoms with Gasteiger partial charge >= 0.3 is 0 Å². The van der Waals surface area contributed by atoms with E-state index < -0.39 is 0 Å². The van der Waals surface area contributed by atoms with Crippen LogP contribution in [0, 0.1) is 0 Å². The maximum Gasteiger partial charge on any atom is 0.119 e. The van der Waals surface area contributed by atoms with Gasteiger partial charge in [0, 0.05) is 12.7 Å². The van der Waals surface area contributed by atoms with Gasteiger partial charge in [0.15, 0.2) is 0 Å². The lowest BCUT2D eigenvalue weighted by Gasteiger charge is -2.20. The van der Waals surface area contributed by atoms with Crippen LogP contribution in [0.4, 0.5) is 0 Å². The van der Waals surface area contributed by atoms with Gasteiger partial charge in [-0.2, -0.15) is 0 Å². The number of hydrogen-bond donors (Lipinski definition) is 1. The maximum absolute atomic E-state index is 6.11. The second kappa shape index (κ2) is 5.89. The van der Waals surface area contributed by atoms with E-state index in [1.807, 2.05) is 56.7 Å². The first-order chi connectivity index (χ1) is 9.07. The third-order valence-electron chi connectivity index (χ3n) is 2.93. The first-order valence-corrected chi connectivity index (χ1v) is 6.55. The molecule has 0 aliphatic rings. The van der Waals surface area contributed by atoms with Crippen LogP contribution in [-0.4, -0.2) is 16.2 Å². The molecular formula is C15H21N3O. The molecule has 0 unspecified atom stereocenters. The Morgan fingerprint density at radius 3 is 2.68 bits per heavy atom. The van der Waals surface area contributed by atoms with Crippen LogP contribution in [0.5, 0.6) is 5.75 Å². The van der Waals surface area contributed by atoms with Crippen molar-refractivity contribution < 1.29 is 4.74 Å². The fourth-order valence-electron chi connectivity index (χ4n) is 1.98. The van der Waals surface area contributed by atoms with Crippen LogP contribution in [0.15, 0.2) is 42.9 Å². The van der Waals surface area contributed by atoms with Crippen LogP contribution >= 0.6 is 0 Å². The Balaban J connectivity index is 1.82. The van der Waals surface area contributed by atoms with Crippen LogP contribution in [0.3, 0.4) is 0 Å². The van der Waals surface area contributed by atoms with Crippen LogP contribution in [0.25, 0.3) is 0 Å². The van der Waals surface area contributed by atoms with Gasteiger partial charge in [-0.1, -0.05) is 18.2 Å². The summed E-state index contributed by atoms with van der Waals surface area (Å²) in [6, 6.07) is 9.85. The van der Waals surface area contributed by atoms with Crippen molar-refractivity contribution >= 4 is 0 Å². The Hall–Kier alpha value is -1.81. The molecule has 0 spiro atoms. The number of imidazole rings is 1. The summed E-state index contributed by atoms with van der Waals surface area (Å²) >= 11 is 0. The van der Waals surface area contributed by atoms with E-state index in [0.29, 0.717) is 6.61 Å². The molecule has 2 aromatic rings. The Bertz CT molecular complexity index is 500. The molecule has 2 rings (SSSR count). The minimum atomic E-state index is -0.364. The SMILES string of the molecule is CC(C)(N)c1cncn1CCCOc1ccccc1. The van der Waals surface area contributed by atoms with Crippen LogP contribution in [0.2, 0.25) is 0 Å². The van der Waals surface area contributed by atoms with E-state index in [4.69, 9.17) is 10.5 Å². The van der Waals surface area contributed by atoms with Crippen molar-refractivity contribution in [2.45, 2.75) is 32.4 Å². The van der Waals surface area contributed by atoms with Crippen molar-refractivity contribution in [3.8, 4) is 5.75 Å². The lowest BCUT2D eigenvalue weighted by atomic mass is 10.0. The molecule has 2 N–H and O–H groups in total. The number of aromatic nitrogens is 2. The number of rotatable bonds is 6. The lowest BCUT2D eigenvalue weighted by molar-refractivity contribution is 0.299. The molecule has 4 nitrogen and oxygen atoms in total. The van der Waals surface area contributed by atoms with E-state index in [9.17, 15) is 0 Å². The summed E-state index contributed by atoms with van der Waals surface area (Å²) in [6.07, 6.45) is 4.58. The quantitative estimate of drug-likeness (QED) is 0.811. The van der Waals surface area contributed by atoms with E-state index in [0.717, 1.165) is 24.4 Å². The van der Waals surface area contributed by atoms with Gasteiger partial charge in [0.1, 0.15) is 5.75 Å². The first-order valence-electron chi connectivity index (χ1n) is 6.55. The summed E-state index contributed by atoms with van der Waals surface area (Å²) < 4.78 is 7.76. The molecule has 0 bridgehead atoms. The van der Waals surface area contributed by atoms with Gasteiger partial charge in [-0.3, -0.25) is 0 Å². The molecule has 1 aromatic carbocycles. The molecule has 0 aliphatic heterocycles. The maximum atomic E-state index is 6.11. The van der Waals surface area contributed by atoms with Crippen molar-refractivity contribution in [3.63, 3.8) is 0 Å².